The van der Waals surface area contributed by atoms with E-state index in [-0.39, 0.29) is 5.91 Å². The molecule has 0 radical (unpaired) electrons. The predicted molar refractivity (Wildman–Crippen MR) is 89.4 cm³/mol. The summed E-state index contributed by atoms with van der Waals surface area (Å²) in [5.74, 6) is -0.0810. The monoisotopic (exact) mass is 298 g/mol. The van der Waals surface area contributed by atoms with Gasteiger partial charge in [0, 0.05) is 17.7 Å². The number of rotatable bonds is 4. The minimum absolute atomic E-state index is 0.0810. The summed E-state index contributed by atoms with van der Waals surface area (Å²) in [4.78, 5) is 12.5. The molecule has 2 rings (SSSR count). The van der Waals surface area contributed by atoms with Crippen molar-refractivity contribution in [1.29, 1.82) is 0 Å². The SMILES string of the molecule is Cc1cc(C)cc(C(=O)NCc2cccc(C(N)=S)c2)c1. The van der Waals surface area contributed by atoms with Crippen molar-refractivity contribution in [1.82, 2.24) is 5.32 Å². The normalized spacial score (nSPS) is 10.2. The number of nitrogens with one attached hydrogen (secondary N) is 1. The van der Waals surface area contributed by atoms with E-state index in [1.165, 1.54) is 0 Å². The van der Waals surface area contributed by atoms with Crippen LogP contribution in [-0.4, -0.2) is 10.9 Å². The molecule has 108 valence electrons. The van der Waals surface area contributed by atoms with Gasteiger partial charge in [-0.25, -0.2) is 0 Å². The van der Waals surface area contributed by atoms with E-state index in [1.54, 1.807) is 0 Å². The van der Waals surface area contributed by atoms with Crippen LogP contribution in [0.3, 0.4) is 0 Å². The summed E-state index contributed by atoms with van der Waals surface area (Å²) in [5, 5.41) is 2.91. The second-order valence-electron chi connectivity index (χ2n) is 5.12. The lowest BCUT2D eigenvalue weighted by molar-refractivity contribution is 0.0950. The molecule has 0 aromatic heterocycles. The van der Waals surface area contributed by atoms with Crippen molar-refractivity contribution >= 4 is 23.1 Å². The maximum absolute atomic E-state index is 12.2. The van der Waals surface area contributed by atoms with Crippen molar-refractivity contribution in [3.05, 3.63) is 70.3 Å². The van der Waals surface area contributed by atoms with Gasteiger partial charge in [0.1, 0.15) is 4.99 Å². The molecule has 0 unspecified atom stereocenters. The molecule has 0 fully saturated rings. The molecule has 3 nitrogen and oxygen atoms in total. The summed E-state index contributed by atoms with van der Waals surface area (Å²) in [7, 11) is 0. The topological polar surface area (TPSA) is 55.1 Å². The first kappa shape index (κ1) is 15.2. The summed E-state index contributed by atoms with van der Waals surface area (Å²) in [6.45, 7) is 4.41. The van der Waals surface area contributed by atoms with E-state index in [0.717, 1.165) is 22.3 Å². The Balaban J connectivity index is 2.07. The van der Waals surface area contributed by atoms with Crippen LogP contribution in [0, 0.1) is 13.8 Å². The van der Waals surface area contributed by atoms with E-state index < -0.39 is 0 Å². The van der Waals surface area contributed by atoms with Gasteiger partial charge in [0.15, 0.2) is 0 Å². The first-order valence-electron chi connectivity index (χ1n) is 6.71. The Bertz CT molecular complexity index is 675. The van der Waals surface area contributed by atoms with Gasteiger partial charge in [-0.2, -0.15) is 0 Å². The minimum atomic E-state index is -0.0810. The smallest absolute Gasteiger partial charge is 0.251 e. The summed E-state index contributed by atoms with van der Waals surface area (Å²) >= 11 is 4.95. The molecule has 1 amide bonds. The van der Waals surface area contributed by atoms with E-state index in [2.05, 4.69) is 5.32 Å². The van der Waals surface area contributed by atoms with Crippen molar-refractivity contribution in [2.45, 2.75) is 20.4 Å². The zero-order chi connectivity index (χ0) is 15.4. The number of carbonyl (C=O) groups is 1. The Labute approximate surface area is 130 Å². The molecule has 21 heavy (non-hydrogen) atoms. The third-order valence-corrected chi connectivity index (χ3v) is 3.38. The fourth-order valence-corrected chi connectivity index (χ4v) is 2.35. The molecule has 0 spiro atoms. The van der Waals surface area contributed by atoms with Crippen LogP contribution >= 0.6 is 12.2 Å². The molecule has 2 aromatic rings. The second-order valence-corrected chi connectivity index (χ2v) is 5.56. The zero-order valence-corrected chi connectivity index (χ0v) is 13.0. The van der Waals surface area contributed by atoms with Crippen LogP contribution in [0.15, 0.2) is 42.5 Å². The summed E-state index contributed by atoms with van der Waals surface area (Å²) in [6, 6.07) is 13.4. The lowest BCUT2D eigenvalue weighted by Crippen LogP contribution is -2.23. The van der Waals surface area contributed by atoms with Gasteiger partial charge in [0.25, 0.3) is 5.91 Å². The number of thiocarbonyl (C=S) groups is 1. The molecule has 0 bridgehead atoms. The first-order chi connectivity index (χ1) is 9.95. The standard InChI is InChI=1S/C17H18N2OS/c1-11-6-12(2)8-15(7-11)17(20)19-10-13-4-3-5-14(9-13)16(18)21/h3-9H,10H2,1-2H3,(H2,18,21)(H,19,20). The van der Waals surface area contributed by atoms with E-state index in [9.17, 15) is 4.79 Å². The first-order valence-corrected chi connectivity index (χ1v) is 7.12. The third-order valence-electron chi connectivity index (χ3n) is 3.15. The molecule has 0 aliphatic carbocycles. The van der Waals surface area contributed by atoms with Crippen molar-refractivity contribution in [2.75, 3.05) is 0 Å². The van der Waals surface area contributed by atoms with Gasteiger partial charge >= 0.3 is 0 Å². The molecule has 4 heteroatoms. The molecule has 0 saturated carbocycles. The lowest BCUT2D eigenvalue weighted by Gasteiger charge is -2.08. The Hall–Kier alpha value is -2.20. The molecular weight excluding hydrogens is 280 g/mol. The predicted octanol–water partition coefficient (Wildman–Crippen LogP) is 2.87. The molecule has 2 aromatic carbocycles. The second kappa shape index (κ2) is 6.50. The number of carbonyl (C=O) groups excluding carboxylic acids is 1. The van der Waals surface area contributed by atoms with Crippen LogP contribution in [0.4, 0.5) is 0 Å². The van der Waals surface area contributed by atoms with Gasteiger partial charge in [-0.1, -0.05) is 47.6 Å². The highest BCUT2D eigenvalue weighted by atomic mass is 32.1. The van der Waals surface area contributed by atoms with Crippen molar-refractivity contribution in [3.8, 4) is 0 Å². The molecule has 0 atom stereocenters. The average molecular weight is 298 g/mol. The molecule has 0 saturated heterocycles. The number of aryl methyl sites for hydroxylation is 2. The van der Waals surface area contributed by atoms with Crippen LogP contribution in [0.25, 0.3) is 0 Å². The fourth-order valence-electron chi connectivity index (χ4n) is 2.22. The summed E-state index contributed by atoms with van der Waals surface area (Å²) < 4.78 is 0. The van der Waals surface area contributed by atoms with E-state index >= 15 is 0 Å². The van der Waals surface area contributed by atoms with Crippen molar-refractivity contribution in [3.63, 3.8) is 0 Å². The Kier molecular flexibility index (Phi) is 4.70. The minimum Gasteiger partial charge on any atom is -0.389 e. The molecule has 3 N–H and O–H groups in total. The van der Waals surface area contributed by atoms with Gasteiger partial charge in [-0.05, 0) is 37.6 Å². The fraction of sp³-hybridized carbons (Fsp3) is 0.176. The molecular formula is C17H18N2OS. The average Bonchev–Trinajstić information content (AvgIpc) is 2.44. The summed E-state index contributed by atoms with van der Waals surface area (Å²) in [6.07, 6.45) is 0. The van der Waals surface area contributed by atoms with Gasteiger partial charge in [-0.3, -0.25) is 4.79 Å². The maximum atomic E-state index is 12.2. The maximum Gasteiger partial charge on any atom is 0.251 e. The summed E-state index contributed by atoms with van der Waals surface area (Å²) in [5.41, 5.74) is 10.2. The Morgan fingerprint density at radius 1 is 1.10 bits per heavy atom. The number of nitrogens with two attached hydrogens (primary N) is 1. The number of amides is 1. The molecule has 0 aliphatic heterocycles. The van der Waals surface area contributed by atoms with Crippen LogP contribution < -0.4 is 11.1 Å². The van der Waals surface area contributed by atoms with Crippen LogP contribution in [-0.2, 0) is 6.54 Å². The third kappa shape index (κ3) is 4.13. The highest BCUT2D eigenvalue weighted by molar-refractivity contribution is 7.80. The van der Waals surface area contributed by atoms with Crippen LogP contribution in [0.2, 0.25) is 0 Å². The highest BCUT2D eigenvalue weighted by Crippen LogP contribution is 2.10. The Morgan fingerprint density at radius 3 is 2.38 bits per heavy atom. The van der Waals surface area contributed by atoms with Crippen molar-refractivity contribution < 1.29 is 4.79 Å². The lowest BCUT2D eigenvalue weighted by atomic mass is 10.1. The van der Waals surface area contributed by atoms with Gasteiger partial charge in [0.05, 0.1) is 0 Å². The molecule has 0 aliphatic rings. The zero-order valence-electron chi connectivity index (χ0n) is 12.1. The molecule has 0 heterocycles. The quantitative estimate of drug-likeness (QED) is 0.853. The number of benzene rings is 2. The highest BCUT2D eigenvalue weighted by Gasteiger charge is 2.07. The van der Waals surface area contributed by atoms with Gasteiger partial charge in [0.2, 0.25) is 0 Å². The van der Waals surface area contributed by atoms with E-state index in [4.69, 9.17) is 18.0 Å². The van der Waals surface area contributed by atoms with E-state index in [1.807, 2.05) is 56.3 Å². The van der Waals surface area contributed by atoms with Gasteiger partial charge < -0.3 is 11.1 Å². The van der Waals surface area contributed by atoms with Crippen molar-refractivity contribution in [2.24, 2.45) is 5.73 Å². The number of hydrogen-bond donors (Lipinski definition) is 2. The van der Waals surface area contributed by atoms with Crippen LogP contribution in [0.1, 0.15) is 32.6 Å². The van der Waals surface area contributed by atoms with Crippen LogP contribution in [0.5, 0.6) is 0 Å². The van der Waals surface area contributed by atoms with Gasteiger partial charge in [-0.15, -0.1) is 0 Å². The Morgan fingerprint density at radius 2 is 1.76 bits per heavy atom. The largest absolute Gasteiger partial charge is 0.389 e. The van der Waals surface area contributed by atoms with E-state index in [0.29, 0.717) is 17.1 Å². The number of hydrogen-bond acceptors (Lipinski definition) is 2.